The highest BCUT2D eigenvalue weighted by molar-refractivity contribution is 7.20. The molecule has 2 N–H and O–H groups in total. The summed E-state index contributed by atoms with van der Waals surface area (Å²) in [6.07, 6.45) is 4.36. The first-order chi connectivity index (χ1) is 14.9. The van der Waals surface area contributed by atoms with Crippen molar-refractivity contribution in [1.82, 2.24) is 5.32 Å². The fourth-order valence-corrected chi connectivity index (χ4v) is 3.53. The third-order valence-electron chi connectivity index (χ3n) is 4.14. The molecule has 8 heteroatoms. The van der Waals surface area contributed by atoms with Gasteiger partial charge < -0.3 is 5.32 Å². The first-order valence-corrected chi connectivity index (χ1v) is 11.5. The molecule has 3 amide bonds. The van der Waals surface area contributed by atoms with Crippen LogP contribution in [0.15, 0.2) is 36.4 Å². The molecule has 1 unspecified atom stereocenters. The number of hydrogen-bond acceptors (Lipinski definition) is 5. The van der Waals surface area contributed by atoms with Crippen molar-refractivity contribution in [3.63, 3.8) is 0 Å². The van der Waals surface area contributed by atoms with Crippen molar-refractivity contribution in [2.45, 2.75) is 53.4 Å². The van der Waals surface area contributed by atoms with E-state index in [1.54, 1.807) is 0 Å². The topological polar surface area (TPSA) is 92.3 Å². The molecule has 1 atom stereocenters. The lowest BCUT2D eigenvalue weighted by molar-refractivity contribution is -0.136. The maximum atomic E-state index is 10.9. The van der Waals surface area contributed by atoms with E-state index in [4.69, 9.17) is 11.6 Å². The van der Waals surface area contributed by atoms with Gasteiger partial charge >= 0.3 is 0 Å². The average Bonchev–Trinajstić information content (AvgIpc) is 3.16. The summed E-state index contributed by atoms with van der Waals surface area (Å²) in [4.78, 5) is 41.8. The molecular weight excluding hydrogens is 436 g/mol. The van der Waals surface area contributed by atoms with Crippen molar-refractivity contribution in [3.05, 3.63) is 51.9 Å². The maximum absolute atomic E-state index is 10.9. The second-order valence-corrected chi connectivity index (χ2v) is 7.79. The van der Waals surface area contributed by atoms with Crippen LogP contribution in [0.2, 0.25) is 4.34 Å². The Hall–Kier alpha value is -2.51. The molecule has 170 valence electrons. The predicted octanol–water partition coefficient (Wildman–Crippen LogP) is 5.51. The molecule has 0 saturated carbocycles. The highest BCUT2D eigenvalue weighted by Crippen LogP contribution is 2.29. The van der Waals surface area contributed by atoms with Crippen LogP contribution in [0, 0.1) is 5.92 Å². The number of aldehydes is 1. The molecular formula is C23H31ClN2O4S. The molecule has 1 fully saturated rings. The predicted molar refractivity (Wildman–Crippen MR) is 128 cm³/mol. The zero-order chi connectivity index (χ0) is 23.6. The standard InChI is InChI=1S/C8H10.C7H11NO2.C6H4ClNO2S.C2H6/c1-2-8-6-4-3-5-7-8;1-2-5-3-4-6(9)8-7(5)10;7-5-1-4(2-9)6(11-5)8-3-10;1-2/h3-7H,2H2,1H3;5H,2-4H2,1H3,(H,8,9,10);1-3H,(H,8,10);1-2H3. The Morgan fingerprint density at radius 1 is 1.16 bits per heavy atom. The molecule has 1 aromatic heterocycles. The van der Waals surface area contributed by atoms with Gasteiger partial charge in [-0.05, 0) is 30.9 Å². The Morgan fingerprint density at radius 2 is 1.81 bits per heavy atom. The van der Waals surface area contributed by atoms with Crippen LogP contribution in [0.5, 0.6) is 0 Å². The second kappa shape index (κ2) is 17.2. The van der Waals surface area contributed by atoms with Gasteiger partial charge in [0.1, 0.15) is 5.00 Å². The third kappa shape index (κ3) is 11.5. The molecule has 1 aliphatic heterocycles. The summed E-state index contributed by atoms with van der Waals surface area (Å²) in [7, 11) is 0. The zero-order valence-electron chi connectivity index (χ0n) is 18.4. The summed E-state index contributed by atoms with van der Waals surface area (Å²) in [6, 6.07) is 12.0. The Morgan fingerprint density at radius 3 is 2.26 bits per heavy atom. The van der Waals surface area contributed by atoms with Crippen LogP contribution < -0.4 is 10.6 Å². The van der Waals surface area contributed by atoms with Gasteiger partial charge in [-0.2, -0.15) is 0 Å². The van der Waals surface area contributed by atoms with Gasteiger partial charge in [0.2, 0.25) is 18.2 Å². The van der Waals surface area contributed by atoms with Crippen molar-refractivity contribution in [3.8, 4) is 0 Å². The van der Waals surface area contributed by atoms with E-state index in [0.717, 1.165) is 30.6 Å². The van der Waals surface area contributed by atoms with E-state index in [0.29, 0.717) is 34.0 Å². The highest BCUT2D eigenvalue weighted by atomic mass is 35.5. The van der Waals surface area contributed by atoms with Crippen LogP contribution in [0.1, 0.15) is 62.9 Å². The van der Waals surface area contributed by atoms with E-state index in [1.807, 2.05) is 26.8 Å². The zero-order valence-corrected chi connectivity index (χ0v) is 20.0. The van der Waals surface area contributed by atoms with Crippen LogP contribution in [-0.4, -0.2) is 24.5 Å². The second-order valence-electron chi connectivity index (χ2n) is 6.11. The van der Waals surface area contributed by atoms with Crippen molar-refractivity contribution in [1.29, 1.82) is 0 Å². The van der Waals surface area contributed by atoms with Crippen molar-refractivity contribution >= 4 is 52.4 Å². The first-order valence-electron chi connectivity index (χ1n) is 10.3. The number of benzene rings is 1. The normalized spacial score (nSPS) is 14.3. The molecule has 3 rings (SSSR count). The van der Waals surface area contributed by atoms with Gasteiger partial charge in [-0.25, -0.2) is 0 Å². The lowest BCUT2D eigenvalue weighted by atomic mass is 9.96. The minimum absolute atomic E-state index is 0.0673. The molecule has 1 aliphatic rings. The maximum Gasteiger partial charge on any atom is 0.229 e. The van der Waals surface area contributed by atoms with Crippen molar-refractivity contribution in [2.75, 3.05) is 5.32 Å². The number of halogens is 1. The van der Waals surface area contributed by atoms with E-state index in [-0.39, 0.29) is 17.7 Å². The van der Waals surface area contributed by atoms with Crippen LogP contribution in [0.25, 0.3) is 0 Å². The van der Waals surface area contributed by atoms with Gasteiger partial charge in [0.15, 0.2) is 6.29 Å². The number of hydrogen-bond donors (Lipinski definition) is 2. The fourth-order valence-electron chi connectivity index (χ4n) is 2.47. The summed E-state index contributed by atoms with van der Waals surface area (Å²) in [5.74, 6) is -0.161. The highest BCUT2D eigenvalue weighted by Gasteiger charge is 2.24. The summed E-state index contributed by atoms with van der Waals surface area (Å²) in [6.45, 7) is 8.12. The van der Waals surface area contributed by atoms with E-state index in [9.17, 15) is 19.2 Å². The molecule has 0 aliphatic carbocycles. The van der Waals surface area contributed by atoms with Crippen LogP contribution in [0.3, 0.4) is 0 Å². The minimum atomic E-state index is -0.130. The van der Waals surface area contributed by atoms with Crippen LogP contribution in [-0.2, 0) is 20.8 Å². The number of rotatable bonds is 5. The molecule has 1 saturated heterocycles. The summed E-state index contributed by atoms with van der Waals surface area (Å²) < 4.78 is 0.483. The number of carbonyl (C=O) groups is 4. The number of carbonyl (C=O) groups excluding carboxylic acids is 4. The number of amides is 3. The van der Waals surface area contributed by atoms with Crippen LogP contribution >= 0.6 is 22.9 Å². The summed E-state index contributed by atoms with van der Waals surface area (Å²) >= 11 is 6.74. The van der Waals surface area contributed by atoms with E-state index in [2.05, 4.69) is 41.8 Å². The van der Waals surface area contributed by atoms with E-state index >= 15 is 0 Å². The smallest absolute Gasteiger partial charge is 0.229 e. The van der Waals surface area contributed by atoms with Gasteiger partial charge in [0.05, 0.1) is 9.90 Å². The van der Waals surface area contributed by atoms with Crippen molar-refractivity contribution < 1.29 is 19.2 Å². The van der Waals surface area contributed by atoms with Gasteiger partial charge in [0, 0.05) is 12.3 Å². The summed E-state index contributed by atoms with van der Waals surface area (Å²) in [5, 5.41) is 5.16. The van der Waals surface area contributed by atoms with Gasteiger partial charge in [-0.1, -0.05) is 69.6 Å². The van der Waals surface area contributed by atoms with Gasteiger partial charge in [-0.3, -0.25) is 24.5 Å². The lowest BCUT2D eigenvalue weighted by Crippen LogP contribution is -2.40. The average molecular weight is 467 g/mol. The third-order valence-corrected chi connectivity index (χ3v) is 5.36. The number of aryl methyl sites for hydroxylation is 1. The number of anilines is 1. The largest absolute Gasteiger partial charge is 0.320 e. The Bertz CT molecular complexity index is 809. The Labute approximate surface area is 193 Å². The molecule has 31 heavy (non-hydrogen) atoms. The number of piperidine rings is 1. The Kier molecular flexibility index (Phi) is 15.8. The number of nitrogens with one attached hydrogen (secondary N) is 2. The molecule has 6 nitrogen and oxygen atoms in total. The molecule has 0 spiro atoms. The van der Waals surface area contributed by atoms with Gasteiger partial charge in [0.25, 0.3) is 0 Å². The van der Waals surface area contributed by atoms with Gasteiger partial charge in [-0.15, -0.1) is 11.3 Å². The van der Waals surface area contributed by atoms with E-state index in [1.165, 1.54) is 11.6 Å². The Balaban J connectivity index is 0.000000423. The lowest BCUT2D eigenvalue weighted by Gasteiger charge is -2.18. The molecule has 2 heterocycles. The monoisotopic (exact) mass is 466 g/mol. The quantitative estimate of drug-likeness (QED) is 0.449. The molecule has 2 aromatic rings. The molecule has 1 aromatic carbocycles. The van der Waals surface area contributed by atoms with Crippen molar-refractivity contribution in [2.24, 2.45) is 5.92 Å². The number of imide groups is 1. The minimum Gasteiger partial charge on any atom is -0.320 e. The summed E-state index contributed by atoms with van der Waals surface area (Å²) in [5.41, 5.74) is 1.82. The first kappa shape index (κ1) is 28.5. The molecule has 0 radical (unpaired) electrons. The molecule has 0 bridgehead atoms. The van der Waals surface area contributed by atoms with E-state index < -0.39 is 0 Å². The van der Waals surface area contributed by atoms with Crippen LogP contribution in [0.4, 0.5) is 5.00 Å². The fraction of sp³-hybridized carbons (Fsp3) is 0.391. The number of thiophene rings is 1. The SMILES string of the molecule is CC.CCC1CCC(=O)NC1=O.CCc1ccccc1.O=CNc1sc(Cl)cc1C=O.